The smallest absolute Gasteiger partial charge is 0.307 e. The average molecular weight is 282 g/mol. The molecule has 2 nitrogen and oxygen atoms in total. The van der Waals surface area contributed by atoms with Crippen LogP contribution in [-0.4, -0.2) is 28.6 Å². The minimum atomic E-state index is -0.544. The maximum atomic E-state index is 11.3. The van der Waals surface area contributed by atoms with E-state index in [0.29, 0.717) is 11.3 Å². The van der Waals surface area contributed by atoms with Crippen LogP contribution in [-0.2, 0) is 4.79 Å². The maximum Gasteiger partial charge on any atom is 0.307 e. The van der Waals surface area contributed by atoms with Gasteiger partial charge < -0.3 is 5.11 Å². The molecular weight excluding hydrogens is 255 g/mol. The summed E-state index contributed by atoms with van der Waals surface area (Å²) in [6.07, 6.45) is 12.7. The molecule has 1 atom stereocenters. The molecule has 0 heterocycles. The molecule has 108 valence electrons. The zero-order chi connectivity index (χ0) is 13.5. The van der Waals surface area contributed by atoms with Gasteiger partial charge in [0.2, 0.25) is 0 Å². The predicted octanol–water partition coefficient (Wildman–Crippen LogP) is 4.32. The van der Waals surface area contributed by atoms with E-state index in [9.17, 15) is 9.90 Å². The second-order valence-corrected chi connectivity index (χ2v) is 10.1. The van der Waals surface area contributed by atoms with Gasteiger partial charge in [-0.1, -0.05) is 21.3 Å². The number of carbonyl (C=O) groups is 1. The number of hydrogen-bond acceptors (Lipinski definition) is 1. The monoisotopic (exact) mass is 282 g/mol. The van der Waals surface area contributed by atoms with Gasteiger partial charge in [0, 0.05) is 0 Å². The van der Waals surface area contributed by atoms with Gasteiger partial charge in [0.25, 0.3) is 0 Å². The molecule has 0 saturated heterocycles. The number of carboxylic acids is 1. The minimum Gasteiger partial charge on any atom is -0.481 e. The van der Waals surface area contributed by atoms with Crippen molar-refractivity contribution in [3.05, 3.63) is 0 Å². The van der Waals surface area contributed by atoms with Crippen molar-refractivity contribution in [3.63, 3.8) is 0 Å². The van der Waals surface area contributed by atoms with Crippen molar-refractivity contribution in [3.8, 4) is 0 Å². The summed E-state index contributed by atoms with van der Waals surface area (Å²) in [4.78, 5) is 11.3. The number of unbranched alkanes of at least 4 members (excludes halogenated alkanes) is 1. The highest BCUT2D eigenvalue weighted by atomic mass is 31.1. The quantitative estimate of drug-likeness (QED) is 0.737. The van der Waals surface area contributed by atoms with Crippen molar-refractivity contribution in [1.82, 2.24) is 0 Å². The van der Waals surface area contributed by atoms with Crippen LogP contribution in [0.15, 0.2) is 0 Å². The second-order valence-electron chi connectivity index (χ2n) is 7.31. The molecule has 4 fully saturated rings. The van der Waals surface area contributed by atoms with Crippen molar-refractivity contribution in [2.45, 2.75) is 63.4 Å². The van der Waals surface area contributed by atoms with Crippen molar-refractivity contribution < 1.29 is 9.90 Å². The second kappa shape index (κ2) is 5.35. The van der Waals surface area contributed by atoms with Gasteiger partial charge in [0.1, 0.15) is 0 Å². The fourth-order valence-electron chi connectivity index (χ4n) is 5.45. The van der Waals surface area contributed by atoms with Crippen LogP contribution in [0.2, 0.25) is 0 Å². The molecule has 4 saturated carbocycles. The number of hydrogen-bond donors (Lipinski definition) is 1. The van der Waals surface area contributed by atoms with E-state index in [4.69, 9.17) is 0 Å². The first-order valence-electron chi connectivity index (χ1n) is 8.08. The molecule has 0 radical (unpaired) electrons. The van der Waals surface area contributed by atoms with Gasteiger partial charge in [0.15, 0.2) is 0 Å². The van der Waals surface area contributed by atoms with E-state index in [1.54, 1.807) is 0 Å². The number of aliphatic carboxylic acids is 1. The molecule has 4 aliphatic carbocycles. The SMILES string of the molecule is CCCCP(CC(=O)O)C12CC3CC(CC(C3)C1)C2. The Morgan fingerprint density at radius 3 is 2.11 bits per heavy atom. The van der Waals surface area contributed by atoms with E-state index in [-0.39, 0.29) is 7.92 Å². The van der Waals surface area contributed by atoms with Crippen LogP contribution in [0.1, 0.15) is 58.3 Å². The van der Waals surface area contributed by atoms with E-state index in [0.717, 1.165) is 17.8 Å². The zero-order valence-corrected chi connectivity index (χ0v) is 13.0. The third kappa shape index (κ3) is 2.71. The van der Waals surface area contributed by atoms with Gasteiger partial charge in [-0.05, 0) is 74.0 Å². The first kappa shape index (κ1) is 13.9. The summed E-state index contributed by atoms with van der Waals surface area (Å²) in [6, 6.07) is 0. The van der Waals surface area contributed by atoms with Gasteiger partial charge in [-0.2, -0.15) is 0 Å². The summed E-state index contributed by atoms with van der Waals surface area (Å²) in [5.74, 6) is 2.31. The molecule has 1 N–H and O–H groups in total. The van der Waals surface area contributed by atoms with Crippen LogP contribution in [0.4, 0.5) is 0 Å². The predicted molar refractivity (Wildman–Crippen MR) is 80.1 cm³/mol. The molecule has 0 aromatic heterocycles. The standard InChI is InChI=1S/C16H27O2P/c1-2-3-4-19(11-15(17)18)16-8-12-5-13(9-16)7-14(6-12)10-16/h12-14H,2-11H2,1H3,(H,17,18). The lowest BCUT2D eigenvalue weighted by Gasteiger charge is -2.59. The third-order valence-corrected chi connectivity index (χ3v) is 9.18. The van der Waals surface area contributed by atoms with Crippen molar-refractivity contribution in [2.75, 3.05) is 12.3 Å². The number of carboxylic acid groups (broad SMARTS) is 1. The van der Waals surface area contributed by atoms with Gasteiger partial charge >= 0.3 is 5.97 Å². The lowest BCUT2D eigenvalue weighted by Crippen LogP contribution is -2.50. The fraction of sp³-hybridized carbons (Fsp3) is 0.938. The molecule has 4 rings (SSSR count). The summed E-state index contributed by atoms with van der Waals surface area (Å²) in [5.41, 5.74) is 0. The lowest BCUT2D eigenvalue weighted by molar-refractivity contribution is -0.134. The van der Waals surface area contributed by atoms with E-state index in [1.807, 2.05) is 0 Å². The molecule has 0 aliphatic heterocycles. The van der Waals surface area contributed by atoms with Gasteiger partial charge in [0.05, 0.1) is 6.16 Å². The van der Waals surface area contributed by atoms with Crippen LogP contribution >= 0.6 is 7.92 Å². The highest BCUT2D eigenvalue weighted by molar-refractivity contribution is 7.60. The Morgan fingerprint density at radius 2 is 1.68 bits per heavy atom. The van der Waals surface area contributed by atoms with E-state index in [2.05, 4.69) is 6.92 Å². The van der Waals surface area contributed by atoms with Gasteiger partial charge in [-0.25, -0.2) is 0 Å². The first-order chi connectivity index (χ1) is 9.11. The molecular formula is C16H27O2P. The normalized spacial score (nSPS) is 41.4. The van der Waals surface area contributed by atoms with E-state index in [1.165, 1.54) is 57.5 Å². The molecule has 0 aromatic rings. The molecule has 1 unspecified atom stereocenters. The zero-order valence-electron chi connectivity index (χ0n) is 12.1. The molecule has 0 aromatic carbocycles. The summed E-state index contributed by atoms with van der Waals surface area (Å²) in [7, 11) is -0.280. The molecule has 0 amide bonds. The Balaban J connectivity index is 1.77. The van der Waals surface area contributed by atoms with Crippen LogP contribution in [0.3, 0.4) is 0 Å². The first-order valence-corrected chi connectivity index (χ1v) is 9.79. The molecule has 3 heteroatoms. The Bertz CT molecular complexity index is 317. The third-order valence-electron chi connectivity index (χ3n) is 5.78. The van der Waals surface area contributed by atoms with Crippen molar-refractivity contribution in [1.29, 1.82) is 0 Å². The van der Waals surface area contributed by atoms with Crippen LogP contribution < -0.4 is 0 Å². The van der Waals surface area contributed by atoms with Crippen LogP contribution in [0, 0.1) is 17.8 Å². The minimum absolute atomic E-state index is 0.280. The summed E-state index contributed by atoms with van der Waals surface area (Å²) >= 11 is 0. The Hall–Kier alpha value is -0.100. The highest BCUT2D eigenvalue weighted by Crippen LogP contribution is 2.68. The van der Waals surface area contributed by atoms with Gasteiger partial charge in [-0.3, -0.25) is 4.79 Å². The van der Waals surface area contributed by atoms with Crippen molar-refractivity contribution in [2.24, 2.45) is 17.8 Å². The number of rotatable bonds is 6. The molecule has 4 bridgehead atoms. The Labute approximate surface area is 118 Å². The molecule has 4 aliphatic rings. The summed E-state index contributed by atoms with van der Waals surface area (Å²) in [5, 5.41) is 9.78. The van der Waals surface area contributed by atoms with Crippen LogP contribution in [0.5, 0.6) is 0 Å². The molecule has 0 spiro atoms. The fourth-order valence-corrected chi connectivity index (χ4v) is 8.99. The van der Waals surface area contributed by atoms with Crippen LogP contribution in [0.25, 0.3) is 0 Å². The van der Waals surface area contributed by atoms with E-state index < -0.39 is 5.97 Å². The lowest BCUT2D eigenvalue weighted by atomic mass is 9.56. The molecule has 19 heavy (non-hydrogen) atoms. The average Bonchev–Trinajstić information content (AvgIpc) is 2.32. The topological polar surface area (TPSA) is 37.3 Å². The van der Waals surface area contributed by atoms with Crippen molar-refractivity contribution >= 4 is 13.9 Å². The van der Waals surface area contributed by atoms with E-state index >= 15 is 0 Å². The largest absolute Gasteiger partial charge is 0.481 e. The Morgan fingerprint density at radius 1 is 1.16 bits per heavy atom. The summed E-state index contributed by atoms with van der Waals surface area (Å²) < 4.78 is 0. The highest BCUT2D eigenvalue weighted by Gasteiger charge is 2.53. The van der Waals surface area contributed by atoms with Gasteiger partial charge in [-0.15, -0.1) is 0 Å². The Kier molecular flexibility index (Phi) is 3.91. The summed E-state index contributed by atoms with van der Waals surface area (Å²) in [6.45, 7) is 2.23. The maximum absolute atomic E-state index is 11.3.